The van der Waals surface area contributed by atoms with Crippen LogP contribution in [0, 0.1) is 0 Å². The van der Waals surface area contributed by atoms with Crippen molar-refractivity contribution in [2.24, 2.45) is 0 Å². The molecule has 1 aromatic heterocycles. The molecular weight excluding hydrogens is 339 g/mol. The van der Waals surface area contributed by atoms with E-state index in [2.05, 4.69) is 63.7 Å². The maximum Gasteiger partial charge on any atom is -0.147 e. The van der Waals surface area contributed by atoms with Crippen LogP contribution in [-0.4, -0.2) is 8.32 Å². The Balaban J connectivity index is 0.00000144. The minimum Gasteiger partial charge on any atom is -0.147 e. The smallest absolute Gasteiger partial charge is 0.147 e. The Morgan fingerprint density at radius 1 is 1.28 bits per heavy atom. The van der Waals surface area contributed by atoms with Gasteiger partial charge in [0.15, 0.2) is 0 Å². The summed E-state index contributed by atoms with van der Waals surface area (Å²) in [6.45, 7) is 6.67. The summed E-state index contributed by atoms with van der Waals surface area (Å²) in [7, 11) is -1.51. The fourth-order valence-corrected chi connectivity index (χ4v) is 4.05. The summed E-state index contributed by atoms with van der Waals surface area (Å²) in [5, 5.41) is 2.12. The van der Waals surface area contributed by atoms with Crippen LogP contribution >= 0.6 is 36.2 Å². The third kappa shape index (κ3) is 4.55. The second-order valence-electron chi connectivity index (χ2n) is 4.83. The van der Waals surface area contributed by atoms with Crippen molar-refractivity contribution in [1.29, 1.82) is 0 Å². The van der Waals surface area contributed by atoms with Gasteiger partial charge in [-0.2, -0.15) is 0 Å². The van der Waals surface area contributed by atoms with Gasteiger partial charge in [0, 0.05) is 0 Å². The topological polar surface area (TPSA) is 9.23 Å². The molecule has 0 spiro atoms. The molecule has 0 fully saturated rings. The van der Waals surface area contributed by atoms with E-state index < -0.39 is 8.32 Å². The molecule has 0 saturated carbocycles. The van der Waals surface area contributed by atoms with E-state index >= 15 is 0 Å². The van der Waals surface area contributed by atoms with Gasteiger partial charge in [-0.15, -0.1) is 24.8 Å². The minimum atomic E-state index is -1.51. The van der Waals surface area contributed by atoms with E-state index in [4.69, 9.17) is 4.43 Å². The zero-order valence-electron chi connectivity index (χ0n) is 10.6. The molecule has 6 heteroatoms. The molecule has 0 aromatic carbocycles. The molecule has 1 aliphatic carbocycles. The van der Waals surface area contributed by atoms with Gasteiger partial charge in [0.2, 0.25) is 0 Å². The maximum atomic E-state index is 6.11. The molecule has 0 saturated heterocycles. The van der Waals surface area contributed by atoms with Crippen LogP contribution in [-0.2, 0) is 20.4 Å². The number of hydrogen-bond acceptors (Lipinski definition) is 2. The second kappa shape index (κ2) is 7.32. The molecule has 2 rings (SSSR count). The summed E-state index contributed by atoms with van der Waals surface area (Å²) in [5.74, 6) is 1.07. The largest absolute Gasteiger partial charge is 0.147 e. The van der Waals surface area contributed by atoms with Crippen LogP contribution in [0.2, 0.25) is 19.6 Å². The first-order valence-electron chi connectivity index (χ1n) is 5.35. The molecule has 1 aromatic rings. The minimum absolute atomic E-state index is 0. The molecule has 0 atom stereocenters. The zero-order chi connectivity index (χ0) is 11.8. The first kappa shape index (κ1) is 18.5. The molecule has 0 N–H and O–H groups in total. The van der Waals surface area contributed by atoms with E-state index in [9.17, 15) is 0 Å². The number of rotatable bonds is 3. The van der Waals surface area contributed by atoms with Crippen molar-refractivity contribution in [2.75, 3.05) is 0 Å². The summed E-state index contributed by atoms with van der Waals surface area (Å²) < 4.78 is 7.56. The molecule has 0 aliphatic heterocycles. The standard InChI is InChI=1S/C12H15OSSi.2ClH.Ti/c1-15(2,3)13-11-8-9-14-12(11)10-6-4-5-7-10;;;/h4,6,8-9H,5H2,1-3H3;2*1H;. The van der Waals surface area contributed by atoms with E-state index in [1.807, 2.05) is 0 Å². The van der Waals surface area contributed by atoms with Gasteiger partial charge < -0.3 is 0 Å². The predicted octanol–water partition coefficient (Wildman–Crippen LogP) is 5.02. The molecular formula is C12H17Cl2OSSiTi. The SMILES string of the molecule is C[Si](C)(C)Oc1ccsc1C1=[C]([Ti])CC=C1.Cl.Cl. The third-order valence-corrected chi connectivity index (χ3v) is 4.72. The fraction of sp³-hybridized carbons (Fsp3) is 0.333. The van der Waals surface area contributed by atoms with Crippen LogP contribution < -0.4 is 4.43 Å². The van der Waals surface area contributed by atoms with Crippen molar-refractivity contribution >= 4 is 50.0 Å². The van der Waals surface area contributed by atoms with Crippen molar-refractivity contribution < 1.29 is 24.9 Å². The summed E-state index contributed by atoms with van der Waals surface area (Å²) >= 11 is 3.98. The van der Waals surface area contributed by atoms with Gasteiger partial charge in [-0.25, -0.2) is 0 Å². The van der Waals surface area contributed by atoms with Gasteiger partial charge in [0.1, 0.15) is 0 Å². The predicted molar refractivity (Wildman–Crippen MR) is 83.5 cm³/mol. The fourth-order valence-electron chi connectivity index (χ4n) is 1.62. The van der Waals surface area contributed by atoms with E-state index in [1.165, 1.54) is 14.3 Å². The Morgan fingerprint density at radius 3 is 2.44 bits per heavy atom. The summed E-state index contributed by atoms with van der Waals surface area (Å²) in [4.78, 5) is 1.30. The van der Waals surface area contributed by atoms with Crippen LogP contribution in [0.3, 0.4) is 0 Å². The summed E-state index contributed by atoms with van der Waals surface area (Å²) in [5.41, 5.74) is 1.36. The number of hydrogen-bond donors (Lipinski definition) is 0. The van der Waals surface area contributed by atoms with Crippen molar-refractivity contribution in [3.05, 3.63) is 32.4 Å². The first-order valence-corrected chi connectivity index (χ1v) is 10.4. The molecule has 1 nitrogen and oxygen atoms in total. The van der Waals surface area contributed by atoms with Crippen LogP contribution in [0.1, 0.15) is 11.3 Å². The van der Waals surface area contributed by atoms with Crippen LogP contribution in [0.4, 0.5) is 0 Å². The number of allylic oxidation sites excluding steroid dienone is 4. The van der Waals surface area contributed by atoms with Crippen molar-refractivity contribution in [2.45, 2.75) is 26.1 Å². The molecule has 0 amide bonds. The molecule has 0 unspecified atom stereocenters. The molecule has 18 heavy (non-hydrogen) atoms. The number of thiophene rings is 1. The van der Waals surface area contributed by atoms with Gasteiger partial charge in [-0.05, 0) is 0 Å². The Labute approximate surface area is 138 Å². The van der Waals surface area contributed by atoms with Crippen molar-refractivity contribution in [3.8, 4) is 5.75 Å². The van der Waals surface area contributed by atoms with Crippen LogP contribution in [0.15, 0.2) is 27.5 Å². The van der Waals surface area contributed by atoms with E-state index in [-0.39, 0.29) is 24.8 Å². The Bertz CT molecular complexity index is 463. The van der Waals surface area contributed by atoms with Crippen LogP contribution in [0.5, 0.6) is 5.75 Å². The normalized spacial score (nSPS) is 14.1. The summed E-state index contributed by atoms with van der Waals surface area (Å²) in [6, 6.07) is 2.10. The zero-order valence-corrected chi connectivity index (χ0v) is 15.7. The molecule has 1 heterocycles. The van der Waals surface area contributed by atoms with E-state index in [1.54, 1.807) is 11.3 Å². The van der Waals surface area contributed by atoms with Gasteiger partial charge >= 0.3 is 114 Å². The Hall–Kier alpha value is 0.491. The number of halogens is 2. The molecule has 1 aliphatic rings. The third-order valence-electron chi connectivity index (χ3n) is 2.22. The molecule has 0 bridgehead atoms. The van der Waals surface area contributed by atoms with Crippen LogP contribution in [0.25, 0.3) is 5.57 Å². The first-order chi connectivity index (χ1) is 7.47. The van der Waals surface area contributed by atoms with Crippen molar-refractivity contribution in [3.63, 3.8) is 0 Å². The monoisotopic (exact) mass is 355 g/mol. The second-order valence-corrected chi connectivity index (χ2v) is 11.1. The Kier molecular flexibility index (Phi) is 7.52. The average Bonchev–Trinajstić information content (AvgIpc) is 2.71. The van der Waals surface area contributed by atoms with Gasteiger partial charge in [0.25, 0.3) is 0 Å². The van der Waals surface area contributed by atoms with Gasteiger partial charge in [-0.1, -0.05) is 0 Å². The van der Waals surface area contributed by atoms with Gasteiger partial charge in [-0.3, -0.25) is 0 Å². The van der Waals surface area contributed by atoms with E-state index in [0.717, 1.165) is 12.2 Å². The Morgan fingerprint density at radius 2 is 1.94 bits per heavy atom. The quantitative estimate of drug-likeness (QED) is 0.691. The summed E-state index contributed by atoms with van der Waals surface area (Å²) in [6.07, 6.45) is 5.53. The maximum absolute atomic E-state index is 6.11. The molecule has 99 valence electrons. The van der Waals surface area contributed by atoms with Gasteiger partial charge in [0.05, 0.1) is 0 Å². The van der Waals surface area contributed by atoms with Crippen molar-refractivity contribution in [1.82, 2.24) is 0 Å². The average molecular weight is 356 g/mol. The van der Waals surface area contributed by atoms with E-state index in [0.29, 0.717) is 0 Å². The molecule has 0 radical (unpaired) electrons.